The van der Waals surface area contributed by atoms with E-state index >= 15 is 0 Å². The third-order valence-corrected chi connectivity index (χ3v) is 3.41. The molecule has 0 aromatic heterocycles. The van der Waals surface area contributed by atoms with Crippen molar-refractivity contribution < 1.29 is 14.6 Å². The lowest BCUT2D eigenvalue weighted by atomic mass is 9.78. The minimum atomic E-state index is -1.31. The molecular formula is C17H16O3. The van der Waals surface area contributed by atoms with Gasteiger partial charge in [0, 0.05) is 5.41 Å². The van der Waals surface area contributed by atoms with Crippen LogP contribution < -0.4 is 4.74 Å². The molecule has 0 saturated carbocycles. The smallest absolute Gasteiger partial charge is 0.449 e. The lowest BCUT2D eigenvalue weighted by Gasteiger charge is -2.26. The van der Waals surface area contributed by atoms with Gasteiger partial charge >= 0.3 is 6.16 Å². The van der Waals surface area contributed by atoms with Crippen LogP contribution in [0.3, 0.4) is 0 Å². The van der Waals surface area contributed by atoms with E-state index < -0.39 is 6.16 Å². The molecule has 0 aliphatic carbocycles. The van der Waals surface area contributed by atoms with Gasteiger partial charge in [-0.2, -0.15) is 0 Å². The molecule has 2 aromatic carbocycles. The molecule has 20 heavy (non-hydrogen) atoms. The number of carbonyl (C=O) groups is 1. The zero-order chi connectivity index (χ0) is 14.8. The Morgan fingerprint density at radius 2 is 1.45 bits per heavy atom. The molecule has 0 heterocycles. The molecule has 0 spiro atoms. The van der Waals surface area contributed by atoms with Gasteiger partial charge in [-0.15, -0.1) is 0 Å². The highest BCUT2D eigenvalue weighted by molar-refractivity contribution is 5.61. The van der Waals surface area contributed by atoms with Gasteiger partial charge in [0.15, 0.2) is 0 Å². The summed E-state index contributed by atoms with van der Waals surface area (Å²) in [5.41, 5.74) is 2.74. The van der Waals surface area contributed by atoms with Crippen LogP contribution in [0.25, 0.3) is 0 Å². The van der Waals surface area contributed by atoms with Crippen LogP contribution in [0.1, 0.15) is 30.5 Å². The standard InChI is InChI=1S/C17H16O3/c1-12-4-6-13(7-5-12)17(2,3)14-8-10-15(11-9-14)20-16(18)19/h1,4-11H,2-3H3,(H,18,19). The van der Waals surface area contributed by atoms with Crippen molar-refractivity contribution >= 4 is 6.16 Å². The van der Waals surface area contributed by atoms with E-state index in [2.05, 4.69) is 18.6 Å². The number of benzene rings is 2. The van der Waals surface area contributed by atoms with Gasteiger partial charge in [-0.1, -0.05) is 50.2 Å². The van der Waals surface area contributed by atoms with Crippen molar-refractivity contribution in [1.29, 1.82) is 0 Å². The summed E-state index contributed by atoms with van der Waals surface area (Å²) in [6, 6.07) is 14.8. The van der Waals surface area contributed by atoms with E-state index in [0.29, 0.717) is 5.75 Å². The highest BCUT2D eigenvalue weighted by Crippen LogP contribution is 2.32. The normalized spacial score (nSPS) is 11.2. The van der Waals surface area contributed by atoms with E-state index in [1.54, 1.807) is 12.1 Å². The number of ether oxygens (including phenoxy) is 1. The summed E-state index contributed by atoms with van der Waals surface area (Å²) >= 11 is 0. The molecule has 2 radical (unpaired) electrons. The lowest BCUT2D eigenvalue weighted by Crippen LogP contribution is -2.18. The van der Waals surface area contributed by atoms with E-state index in [0.717, 1.165) is 16.7 Å². The summed E-state index contributed by atoms with van der Waals surface area (Å²) in [6.07, 6.45) is -1.31. The summed E-state index contributed by atoms with van der Waals surface area (Å²) in [5, 5.41) is 8.57. The average Bonchev–Trinajstić information content (AvgIpc) is 2.39. The van der Waals surface area contributed by atoms with Crippen LogP contribution in [0.4, 0.5) is 4.79 Å². The number of rotatable bonds is 3. The number of hydrogen-bond donors (Lipinski definition) is 1. The van der Waals surface area contributed by atoms with Gasteiger partial charge < -0.3 is 9.84 Å². The summed E-state index contributed by atoms with van der Waals surface area (Å²) < 4.78 is 4.60. The highest BCUT2D eigenvalue weighted by atomic mass is 16.7. The van der Waals surface area contributed by atoms with Gasteiger partial charge in [-0.3, -0.25) is 0 Å². The van der Waals surface area contributed by atoms with Crippen molar-refractivity contribution in [2.75, 3.05) is 0 Å². The number of carboxylic acid groups (broad SMARTS) is 1. The largest absolute Gasteiger partial charge is 0.511 e. The summed E-state index contributed by atoms with van der Waals surface area (Å²) in [4.78, 5) is 10.5. The van der Waals surface area contributed by atoms with E-state index in [4.69, 9.17) is 12.0 Å². The molecule has 0 unspecified atom stereocenters. The monoisotopic (exact) mass is 268 g/mol. The minimum Gasteiger partial charge on any atom is -0.449 e. The summed E-state index contributed by atoms with van der Waals surface area (Å²) in [6.45, 7) is 9.91. The van der Waals surface area contributed by atoms with Crippen LogP contribution in [-0.2, 0) is 5.41 Å². The molecular weight excluding hydrogens is 252 g/mol. The second-order valence-electron chi connectivity index (χ2n) is 5.14. The Hall–Kier alpha value is -2.29. The second kappa shape index (κ2) is 5.37. The molecule has 2 aromatic rings. The van der Waals surface area contributed by atoms with E-state index in [1.165, 1.54) is 0 Å². The molecule has 0 saturated heterocycles. The van der Waals surface area contributed by atoms with Gasteiger partial charge in [0.1, 0.15) is 5.75 Å². The van der Waals surface area contributed by atoms with Crippen LogP contribution in [0.15, 0.2) is 48.5 Å². The van der Waals surface area contributed by atoms with Crippen molar-refractivity contribution in [2.24, 2.45) is 0 Å². The Balaban J connectivity index is 2.29. The third-order valence-electron chi connectivity index (χ3n) is 3.41. The van der Waals surface area contributed by atoms with Crippen molar-refractivity contribution in [2.45, 2.75) is 19.3 Å². The van der Waals surface area contributed by atoms with Crippen LogP contribution in [0.5, 0.6) is 5.75 Å². The van der Waals surface area contributed by atoms with Gasteiger partial charge in [0.25, 0.3) is 0 Å². The van der Waals surface area contributed by atoms with Crippen molar-refractivity contribution in [1.82, 2.24) is 0 Å². The van der Waals surface area contributed by atoms with Crippen molar-refractivity contribution in [3.63, 3.8) is 0 Å². The molecule has 0 aliphatic rings. The van der Waals surface area contributed by atoms with Crippen LogP contribution >= 0.6 is 0 Å². The molecule has 3 heteroatoms. The maximum Gasteiger partial charge on any atom is 0.511 e. The fourth-order valence-corrected chi connectivity index (χ4v) is 2.11. The van der Waals surface area contributed by atoms with Crippen molar-refractivity contribution in [3.8, 4) is 5.75 Å². The van der Waals surface area contributed by atoms with Gasteiger partial charge in [-0.05, 0) is 35.7 Å². The molecule has 3 nitrogen and oxygen atoms in total. The first-order valence-corrected chi connectivity index (χ1v) is 6.27. The lowest BCUT2D eigenvalue weighted by molar-refractivity contribution is 0.144. The Morgan fingerprint density at radius 1 is 1.00 bits per heavy atom. The SMILES string of the molecule is [CH]c1ccc(C(C)(C)c2ccc(OC(=O)O)cc2)cc1. The maximum absolute atomic E-state index is 10.5. The molecule has 0 bridgehead atoms. The molecule has 102 valence electrons. The average molecular weight is 268 g/mol. The van der Waals surface area contributed by atoms with Gasteiger partial charge in [-0.25, -0.2) is 4.79 Å². The predicted octanol–water partition coefficient (Wildman–Crippen LogP) is 4.13. The molecule has 0 fully saturated rings. The topological polar surface area (TPSA) is 46.5 Å². The zero-order valence-electron chi connectivity index (χ0n) is 11.5. The van der Waals surface area contributed by atoms with E-state index in [1.807, 2.05) is 36.4 Å². The maximum atomic E-state index is 10.5. The fourth-order valence-electron chi connectivity index (χ4n) is 2.11. The van der Waals surface area contributed by atoms with Gasteiger partial charge in [0.2, 0.25) is 0 Å². The minimum absolute atomic E-state index is 0.199. The first-order valence-electron chi connectivity index (χ1n) is 6.27. The van der Waals surface area contributed by atoms with Crippen LogP contribution in [0, 0.1) is 6.92 Å². The fraction of sp³-hybridized carbons (Fsp3) is 0.176. The van der Waals surface area contributed by atoms with E-state index in [-0.39, 0.29) is 5.41 Å². The third kappa shape index (κ3) is 2.99. The van der Waals surface area contributed by atoms with Gasteiger partial charge in [0.05, 0.1) is 0 Å². The van der Waals surface area contributed by atoms with E-state index in [9.17, 15) is 4.79 Å². The van der Waals surface area contributed by atoms with Crippen molar-refractivity contribution in [3.05, 3.63) is 72.1 Å². The quantitative estimate of drug-likeness (QED) is 0.672. The Labute approximate surface area is 118 Å². The Morgan fingerprint density at radius 3 is 1.90 bits per heavy atom. The molecule has 1 N–H and O–H groups in total. The second-order valence-corrected chi connectivity index (χ2v) is 5.14. The Bertz CT molecular complexity index is 595. The molecule has 0 atom stereocenters. The molecule has 2 rings (SSSR count). The first kappa shape index (κ1) is 14.1. The number of hydrogen-bond acceptors (Lipinski definition) is 2. The van der Waals surface area contributed by atoms with Crippen LogP contribution in [-0.4, -0.2) is 11.3 Å². The van der Waals surface area contributed by atoms with Crippen LogP contribution in [0.2, 0.25) is 0 Å². The zero-order valence-corrected chi connectivity index (χ0v) is 11.5. The molecule has 0 amide bonds. The first-order chi connectivity index (χ1) is 9.39. The summed E-state index contributed by atoms with van der Waals surface area (Å²) in [7, 11) is 0. The molecule has 0 aliphatic heterocycles. The predicted molar refractivity (Wildman–Crippen MR) is 77.1 cm³/mol. The highest BCUT2D eigenvalue weighted by Gasteiger charge is 2.22. The summed E-state index contributed by atoms with van der Waals surface area (Å²) in [5.74, 6) is 0.314. The Kier molecular flexibility index (Phi) is 3.79.